The first kappa shape index (κ1) is 5.22. The minimum Gasteiger partial charge on any atom is -0.506 e. The van der Waals surface area contributed by atoms with E-state index in [9.17, 15) is 0 Å². The van der Waals surface area contributed by atoms with Crippen LogP contribution in [0, 0.1) is 0 Å². The van der Waals surface area contributed by atoms with E-state index in [0.29, 0.717) is 5.52 Å². The second kappa shape index (κ2) is 1.70. The van der Waals surface area contributed by atoms with E-state index in [2.05, 4.69) is 10.2 Å². The molecule has 0 atom stereocenters. The normalized spacial score (nSPS) is 10.4. The molecule has 50 valence electrons. The maximum atomic E-state index is 9.12. The van der Waals surface area contributed by atoms with E-state index in [0.717, 1.165) is 0 Å². The first-order valence-electron chi connectivity index (χ1n) is 2.84. The van der Waals surface area contributed by atoms with Crippen LogP contribution in [0.1, 0.15) is 0 Å². The molecule has 0 radical (unpaired) electrons. The highest BCUT2D eigenvalue weighted by molar-refractivity contribution is 5.57. The van der Waals surface area contributed by atoms with E-state index < -0.39 is 0 Å². The summed E-state index contributed by atoms with van der Waals surface area (Å²) < 4.78 is 1.70. The van der Waals surface area contributed by atoms with Crippen LogP contribution >= 0.6 is 0 Å². The SMILES string of the molecule is Oc1ccn2cnncc12. The van der Waals surface area contributed by atoms with Crippen molar-refractivity contribution in [3.05, 3.63) is 24.8 Å². The van der Waals surface area contributed by atoms with Crippen molar-refractivity contribution >= 4 is 5.52 Å². The fourth-order valence-electron chi connectivity index (χ4n) is 0.856. The van der Waals surface area contributed by atoms with Crippen LogP contribution in [0.3, 0.4) is 0 Å². The third-order valence-electron chi connectivity index (χ3n) is 1.36. The molecular weight excluding hydrogens is 130 g/mol. The summed E-state index contributed by atoms with van der Waals surface area (Å²) in [5.41, 5.74) is 0.676. The first-order chi connectivity index (χ1) is 4.88. The van der Waals surface area contributed by atoms with Gasteiger partial charge in [0.1, 0.15) is 17.6 Å². The largest absolute Gasteiger partial charge is 0.506 e. The van der Waals surface area contributed by atoms with Crippen LogP contribution < -0.4 is 0 Å². The second-order valence-corrected chi connectivity index (χ2v) is 1.97. The van der Waals surface area contributed by atoms with E-state index in [1.807, 2.05) is 0 Å². The summed E-state index contributed by atoms with van der Waals surface area (Å²) in [5.74, 6) is 0.231. The topological polar surface area (TPSA) is 50.4 Å². The highest BCUT2D eigenvalue weighted by atomic mass is 16.3. The molecule has 1 N–H and O–H groups in total. The standard InChI is InChI=1S/C6H5N3O/c10-6-1-2-9-4-8-7-3-5(6)9/h1-4,10H. The molecule has 0 spiro atoms. The number of aromatic hydroxyl groups is 1. The van der Waals surface area contributed by atoms with Gasteiger partial charge in [-0.15, -0.1) is 5.10 Å². The maximum absolute atomic E-state index is 9.12. The molecule has 2 aromatic heterocycles. The van der Waals surface area contributed by atoms with Crippen molar-refractivity contribution in [2.45, 2.75) is 0 Å². The monoisotopic (exact) mass is 135 g/mol. The Morgan fingerprint density at radius 1 is 1.40 bits per heavy atom. The molecule has 0 bridgehead atoms. The fourth-order valence-corrected chi connectivity index (χ4v) is 0.856. The van der Waals surface area contributed by atoms with Crippen LogP contribution in [-0.4, -0.2) is 19.7 Å². The molecule has 0 saturated carbocycles. The van der Waals surface area contributed by atoms with Crippen molar-refractivity contribution in [1.82, 2.24) is 14.6 Å². The number of rotatable bonds is 0. The van der Waals surface area contributed by atoms with Gasteiger partial charge < -0.3 is 9.51 Å². The van der Waals surface area contributed by atoms with Crippen molar-refractivity contribution in [1.29, 1.82) is 0 Å². The molecule has 4 nitrogen and oxygen atoms in total. The molecular formula is C6H5N3O. The van der Waals surface area contributed by atoms with Gasteiger partial charge in [-0.3, -0.25) is 0 Å². The van der Waals surface area contributed by atoms with Crippen molar-refractivity contribution in [2.75, 3.05) is 0 Å². The zero-order valence-electron chi connectivity index (χ0n) is 5.10. The molecule has 4 heteroatoms. The zero-order chi connectivity index (χ0) is 6.97. The Kier molecular flexibility index (Phi) is 0.887. The summed E-state index contributed by atoms with van der Waals surface area (Å²) >= 11 is 0. The molecule has 0 aliphatic rings. The number of hydrogen-bond acceptors (Lipinski definition) is 3. The third kappa shape index (κ3) is 0.556. The van der Waals surface area contributed by atoms with Gasteiger partial charge >= 0.3 is 0 Å². The van der Waals surface area contributed by atoms with E-state index in [1.54, 1.807) is 16.7 Å². The second-order valence-electron chi connectivity index (χ2n) is 1.97. The lowest BCUT2D eigenvalue weighted by Gasteiger charge is -1.88. The summed E-state index contributed by atoms with van der Waals surface area (Å²) in [6.45, 7) is 0. The van der Waals surface area contributed by atoms with Crippen LogP contribution in [-0.2, 0) is 0 Å². The summed E-state index contributed by atoms with van der Waals surface area (Å²) in [6, 6.07) is 1.60. The Morgan fingerprint density at radius 2 is 2.30 bits per heavy atom. The quantitative estimate of drug-likeness (QED) is 0.570. The van der Waals surface area contributed by atoms with Crippen LogP contribution in [0.2, 0.25) is 0 Å². The molecule has 2 heterocycles. The Labute approximate surface area is 56.8 Å². The summed E-state index contributed by atoms with van der Waals surface area (Å²) in [7, 11) is 0. The van der Waals surface area contributed by atoms with Crippen LogP contribution in [0.25, 0.3) is 5.52 Å². The number of aromatic nitrogens is 3. The van der Waals surface area contributed by atoms with E-state index >= 15 is 0 Å². The van der Waals surface area contributed by atoms with Gasteiger partial charge in [-0.05, 0) is 6.07 Å². The molecule has 0 unspecified atom stereocenters. The number of nitrogens with zero attached hydrogens (tertiary/aromatic N) is 3. The van der Waals surface area contributed by atoms with Gasteiger partial charge in [0.25, 0.3) is 0 Å². The molecule has 0 fully saturated rings. The maximum Gasteiger partial charge on any atom is 0.142 e. The number of fused-ring (bicyclic) bond motifs is 1. The third-order valence-corrected chi connectivity index (χ3v) is 1.36. The van der Waals surface area contributed by atoms with Gasteiger partial charge in [-0.25, -0.2) is 0 Å². The Morgan fingerprint density at radius 3 is 3.10 bits per heavy atom. The predicted octanol–water partition coefficient (Wildman–Crippen LogP) is 0.435. The molecule has 2 rings (SSSR count). The average molecular weight is 135 g/mol. The molecule has 0 aliphatic carbocycles. The lowest BCUT2D eigenvalue weighted by atomic mass is 10.5. The first-order valence-corrected chi connectivity index (χ1v) is 2.84. The van der Waals surface area contributed by atoms with E-state index in [1.165, 1.54) is 12.5 Å². The van der Waals surface area contributed by atoms with Crippen molar-refractivity contribution in [3.63, 3.8) is 0 Å². The lowest BCUT2D eigenvalue weighted by molar-refractivity contribution is 0.481. The molecule has 0 aromatic carbocycles. The van der Waals surface area contributed by atoms with E-state index in [-0.39, 0.29) is 5.75 Å². The summed E-state index contributed by atoms with van der Waals surface area (Å²) in [6.07, 6.45) is 4.77. The molecule has 0 saturated heterocycles. The Bertz CT molecular complexity index is 355. The Balaban J connectivity index is 2.93. The van der Waals surface area contributed by atoms with Crippen molar-refractivity contribution < 1.29 is 5.11 Å². The highest BCUT2D eigenvalue weighted by Gasteiger charge is 1.97. The molecule has 10 heavy (non-hydrogen) atoms. The van der Waals surface area contributed by atoms with Gasteiger partial charge in [-0.1, -0.05) is 0 Å². The van der Waals surface area contributed by atoms with E-state index in [4.69, 9.17) is 5.11 Å². The van der Waals surface area contributed by atoms with Crippen LogP contribution in [0.5, 0.6) is 5.75 Å². The number of hydrogen-bond donors (Lipinski definition) is 1. The van der Waals surface area contributed by atoms with Gasteiger partial charge in [0.05, 0.1) is 6.20 Å². The average Bonchev–Trinajstić information content (AvgIpc) is 2.34. The smallest absolute Gasteiger partial charge is 0.142 e. The Hall–Kier alpha value is -1.58. The van der Waals surface area contributed by atoms with Gasteiger partial charge in [0, 0.05) is 6.20 Å². The highest BCUT2D eigenvalue weighted by Crippen LogP contribution is 2.16. The van der Waals surface area contributed by atoms with Gasteiger partial charge in [-0.2, -0.15) is 5.10 Å². The van der Waals surface area contributed by atoms with Gasteiger partial charge in [0.15, 0.2) is 0 Å². The molecule has 0 amide bonds. The van der Waals surface area contributed by atoms with Crippen molar-refractivity contribution in [3.8, 4) is 5.75 Å². The van der Waals surface area contributed by atoms with Crippen LogP contribution in [0.4, 0.5) is 0 Å². The molecule has 2 aromatic rings. The fraction of sp³-hybridized carbons (Fsp3) is 0. The molecule has 0 aliphatic heterocycles. The summed E-state index contributed by atoms with van der Waals surface area (Å²) in [4.78, 5) is 0. The minimum absolute atomic E-state index is 0.231. The predicted molar refractivity (Wildman–Crippen MR) is 34.7 cm³/mol. The van der Waals surface area contributed by atoms with Crippen molar-refractivity contribution in [2.24, 2.45) is 0 Å². The lowest BCUT2D eigenvalue weighted by Crippen LogP contribution is -1.85. The van der Waals surface area contributed by atoms with Gasteiger partial charge in [0.2, 0.25) is 0 Å². The summed E-state index contributed by atoms with van der Waals surface area (Å²) in [5, 5.41) is 16.4. The minimum atomic E-state index is 0.231. The van der Waals surface area contributed by atoms with Crippen LogP contribution in [0.15, 0.2) is 24.8 Å². The zero-order valence-corrected chi connectivity index (χ0v) is 5.10.